The molecular formula is C19H19F3N2O3S. The number of benzene rings is 2. The monoisotopic (exact) mass is 412 g/mol. The van der Waals surface area contributed by atoms with Crippen molar-refractivity contribution in [2.75, 3.05) is 11.4 Å². The van der Waals surface area contributed by atoms with Crippen LogP contribution in [0, 0.1) is 0 Å². The number of carbonyl (C=O) groups is 1. The van der Waals surface area contributed by atoms with Crippen molar-refractivity contribution in [1.29, 1.82) is 0 Å². The molecule has 0 spiro atoms. The van der Waals surface area contributed by atoms with Gasteiger partial charge in [-0.15, -0.1) is 0 Å². The zero-order chi connectivity index (χ0) is 20.7. The van der Waals surface area contributed by atoms with Crippen LogP contribution >= 0.6 is 0 Å². The van der Waals surface area contributed by atoms with Crippen LogP contribution in [0.15, 0.2) is 47.4 Å². The predicted molar refractivity (Wildman–Crippen MR) is 98.3 cm³/mol. The molecule has 3 rings (SSSR count). The standard InChI is InChI=1S/C19H19F3N2O3S/c1-12(13-2-5-15(6-3-13)19(20,21)22)10-18(25)24-9-8-14-4-7-16(11-17(14)24)28(23,26)27/h2-7,11-12H,8-10H2,1H3,(H2,23,26,27). The molecule has 9 heteroatoms. The predicted octanol–water partition coefficient (Wildman–Crippen LogP) is 3.44. The van der Waals surface area contributed by atoms with Gasteiger partial charge in [0, 0.05) is 18.7 Å². The Morgan fingerprint density at radius 1 is 1.18 bits per heavy atom. The average Bonchev–Trinajstić information content (AvgIpc) is 3.03. The molecule has 2 N–H and O–H groups in total. The van der Waals surface area contributed by atoms with Crippen LogP contribution < -0.4 is 10.0 Å². The molecular weight excluding hydrogens is 393 g/mol. The number of rotatable bonds is 4. The van der Waals surface area contributed by atoms with Crippen molar-refractivity contribution in [1.82, 2.24) is 0 Å². The van der Waals surface area contributed by atoms with Crippen molar-refractivity contribution in [3.63, 3.8) is 0 Å². The van der Waals surface area contributed by atoms with Crippen LogP contribution in [-0.2, 0) is 27.4 Å². The molecule has 1 unspecified atom stereocenters. The summed E-state index contributed by atoms with van der Waals surface area (Å²) in [5, 5.41) is 5.16. The van der Waals surface area contributed by atoms with Gasteiger partial charge in [-0.25, -0.2) is 13.6 Å². The number of primary sulfonamides is 1. The number of carbonyl (C=O) groups excluding carboxylic acids is 1. The second-order valence-electron chi connectivity index (χ2n) is 6.86. The average molecular weight is 412 g/mol. The lowest BCUT2D eigenvalue weighted by Gasteiger charge is -2.21. The van der Waals surface area contributed by atoms with Gasteiger partial charge in [-0.3, -0.25) is 4.79 Å². The number of anilines is 1. The van der Waals surface area contributed by atoms with Crippen LogP contribution in [-0.4, -0.2) is 20.9 Å². The van der Waals surface area contributed by atoms with Crippen LogP contribution in [0.4, 0.5) is 18.9 Å². The van der Waals surface area contributed by atoms with Crippen molar-refractivity contribution in [2.24, 2.45) is 5.14 Å². The molecule has 0 aliphatic carbocycles. The van der Waals surface area contributed by atoms with Gasteiger partial charge in [0.1, 0.15) is 0 Å². The van der Waals surface area contributed by atoms with E-state index >= 15 is 0 Å². The van der Waals surface area contributed by atoms with E-state index < -0.39 is 21.8 Å². The molecule has 28 heavy (non-hydrogen) atoms. The van der Waals surface area contributed by atoms with E-state index in [4.69, 9.17) is 5.14 Å². The Labute approximate surface area is 161 Å². The maximum atomic E-state index is 12.7. The normalized spacial score (nSPS) is 15.4. The summed E-state index contributed by atoms with van der Waals surface area (Å²) in [4.78, 5) is 14.2. The zero-order valence-electron chi connectivity index (χ0n) is 15.0. The molecule has 1 atom stereocenters. The fourth-order valence-corrected chi connectivity index (χ4v) is 3.82. The quantitative estimate of drug-likeness (QED) is 0.835. The SMILES string of the molecule is CC(CC(=O)N1CCc2ccc(S(N)(=O)=O)cc21)c1ccc(C(F)(F)F)cc1. The third-order valence-corrected chi connectivity index (χ3v) is 5.78. The molecule has 0 bridgehead atoms. The van der Waals surface area contributed by atoms with Crippen molar-refractivity contribution in [2.45, 2.75) is 36.8 Å². The smallest absolute Gasteiger partial charge is 0.312 e. The van der Waals surface area contributed by atoms with Gasteiger partial charge in [0.2, 0.25) is 15.9 Å². The lowest BCUT2D eigenvalue weighted by atomic mass is 9.96. The fourth-order valence-electron chi connectivity index (χ4n) is 3.29. The van der Waals surface area contributed by atoms with Crippen LogP contribution in [0.3, 0.4) is 0 Å². The minimum Gasteiger partial charge on any atom is -0.312 e. The summed E-state index contributed by atoms with van der Waals surface area (Å²) in [7, 11) is -3.89. The second-order valence-corrected chi connectivity index (χ2v) is 8.42. The number of halogens is 3. The van der Waals surface area contributed by atoms with Crippen LogP contribution in [0.25, 0.3) is 0 Å². The first-order valence-electron chi connectivity index (χ1n) is 8.60. The molecule has 0 radical (unpaired) electrons. The summed E-state index contributed by atoms with van der Waals surface area (Å²) in [5.74, 6) is -0.516. The lowest BCUT2D eigenvalue weighted by Crippen LogP contribution is -2.30. The van der Waals surface area contributed by atoms with E-state index in [1.165, 1.54) is 29.2 Å². The first kappa shape index (κ1) is 20.3. The first-order chi connectivity index (χ1) is 13.0. The molecule has 150 valence electrons. The summed E-state index contributed by atoms with van der Waals surface area (Å²) in [5.41, 5.74) is 1.25. The minimum absolute atomic E-state index is 0.0678. The number of hydrogen-bond acceptors (Lipinski definition) is 3. The molecule has 2 aromatic carbocycles. The Balaban J connectivity index is 1.76. The topological polar surface area (TPSA) is 80.5 Å². The van der Waals surface area contributed by atoms with Crippen LogP contribution in [0.1, 0.15) is 36.0 Å². The largest absolute Gasteiger partial charge is 0.416 e. The van der Waals surface area contributed by atoms with E-state index in [9.17, 15) is 26.4 Å². The van der Waals surface area contributed by atoms with E-state index in [0.717, 1.165) is 17.7 Å². The Morgan fingerprint density at radius 3 is 2.39 bits per heavy atom. The number of nitrogens with zero attached hydrogens (tertiary/aromatic N) is 1. The third-order valence-electron chi connectivity index (χ3n) is 4.87. The van der Waals surface area contributed by atoms with Gasteiger partial charge in [0.25, 0.3) is 0 Å². The van der Waals surface area contributed by atoms with Gasteiger partial charge in [0.15, 0.2) is 0 Å². The number of alkyl halides is 3. The van der Waals surface area contributed by atoms with Crippen molar-refractivity contribution in [3.8, 4) is 0 Å². The van der Waals surface area contributed by atoms with E-state index in [1.807, 2.05) is 0 Å². The Kier molecular flexibility index (Phi) is 5.24. The van der Waals surface area contributed by atoms with E-state index in [1.54, 1.807) is 13.0 Å². The first-order valence-corrected chi connectivity index (χ1v) is 10.1. The number of fused-ring (bicyclic) bond motifs is 1. The summed E-state index contributed by atoms with van der Waals surface area (Å²) in [6.45, 7) is 2.18. The van der Waals surface area contributed by atoms with Gasteiger partial charge >= 0.3 is 6.18 Å². The molecule has 1 aliphatic heterocycles. The van der Waals surface area contributed by atoms with Crippen molar-refractivity contribution >= 4 is 21.6 Å². The molecule has 1 amide bonds. The van der Waals surface area contributed by atoms with E-state index in [2.05, 4.69) is 0 Å². The zero-order valence-corrected chi connectivity index (χ0v) is 15.8. The van der Waals surface area contributed by atoms with Gasteiger partial charge < -0.3 is 4.90 Å². The molecule has 5 nitrogen and oxygen atoms in total. The van der Waals surface area contributed by atoms with Gasteiger partial charge in [-0.2, -0.15) is 13.2 Å². The summed E-state index contributed by atoms with van der Waals surface area (Å²) in [6.07, 6.45) is -3.72. The van der Waals surface area contributed by atoms with Crippen molar-refractivity contribution in [3.05, 3.63) is 59.2 Å². The summed E-state index contributed by atoms with van der Waals surface area (Å²) in [6, 6.07) is 9.18. The van der Waals surface area contributed by atoms with Crippen molar-refractivity contribution < 1.29 is 26.4 Å². The highest BCUT2D eigenvalue weighted by molar-refractivity contribution is 7.89. The lowest BCUT2D eigenvalue weighted by molar-refractivity contribution is -0.137. The minimum atomic E-state index is -4.40. The van der Waals surface area contributed by atoms with Crippen LogP contribution in [0.5, 0.6) is 0 Å². The molecule has 0 fully saturated rings. The molecule has 0 saturated carbocycles. The van der Waals surface area contributed by atoms with E-state index in [-0.39, 0.29) is 23.1 Å². The third kappa shape index (κ3) is 4.20. The van der Waals surface area contributed by atoms with Gasteiger partial charge in [-0.05, 0) is 47.7 Å². The maximum Gasteiger partial charge on any atom is 0.416 e. The van der Waals surface area contributed by atoms with Gasteiger partial charge in [-0.1, -0.05) is 25.1 Å². The number of hydrogen-bond donors (Lipinski definition) is 1. The Hall–Kier alpha value is -2.39. The molecule has 0 aromatic heterocycles. The second kappa shape index (κ2) is 7.21. The fraction of sp³-hybridized carbons (Fsp3) is 0.316. The number of nitrogens with two attached hydrogens (primary N) is 1. The molecule has 1 aliphatic rings. The molecule has 1 heterocycles. The van der Waals surface area contributed by atoms with Gasteiger partial charge in [0.05, 0.1) is 10.5 Å². The molecule has 0 saturated heterocycles. The Morgan fingerprint density at radius 2 is 1.82 bits per heavy atom. The van der Waals surface area contributed by atoms with Crippen LogP contribution in [0.2, 0.25) is 0 Å². The van der Waals surface area contributed by atoms with E-state index in [0.29, 0.717) is 24.2 Å². The highest BCUT2D eigenvalue weighted by atomic mass is 32.2. The number of amides is 1. The summed E-state index contributed by atoms with van der Waals surface area (Å²) >= 11 is 0. The highest BCUT2D eigenvalue weighted by Crippen LogP contribution is 2.33. The highest BCUT2D eigenvalue weighted by Gasteiger charge is 2.31. The molecule has 2 aromatic rings. The Bertz CT molecular complexity index is 1000. The summed E-state index contributed by atoms with van der Waals surface area (Å²) < 4.78 is 61.2. The maximum absolute atomic E-state index is 12.7. The number of sulfonamides is 1.